The largest absolute Gasteiger partial charge is 0.445 e. The molecule has 1 aromatic rings. The number of carbonyl (C=O) groups is 1. The number of amides is 1. The first-order valence-electron chi connectivity index (χ1n) is 7.41. The molecule has 21 heavy (non-hydrogen) atoms. The molecule has 3 atom stereocenters. The number of primary amides is 1. The topological polar surface area (TPSA) is 72.6 Å². The predicted molar refractivity (Wildman–Crippen MR) is 82.4 cm³/mol. The summed E-state index contributed by atoms with van der Waals surface area (Å²) in [6, 6.07) is 7.45. The van der Waals surface area contributed by atoms with Crippen molar-refractivity contribution in [1.29, 1.82) is 0 Å². The van der Waals surface area contributed by atoms with Gasteiger partial charge in [0.25, 0.3) is 0 Å². The second-order valence-corrected chi connectivity index (χ2v) is 6.02. The van der Waals surface area contributed by atoms with E-state index in [2.05, 4.69) is 0 Å². The van der Waals surface area contributed by atoms with Crippen LogP contribution in [0, 0.1) is 0 Å². The quantitative estimate of drug-likeness (QED) is 0.895. The van der Waals surface area contributed by atoms with E-state index < -0.39 is 23.7 Å². The number of hydrogen-bond donors (Lipinski definition) is 2. The Bertz CT molecular complexity index is 508. The van der Waals surface area contributed by atoms with E-state index in [1.807, 2.05) is 25.1 Å². The van der Waals surface area contributed by atoms with Gasteiger partial charge in [-0.3, -0.25) is 0 Å². The van der Waals surface area contributed by atoms with Crippen LogP contribution < -0.4 is 5.73 Å². The van der Waals surface area contributed by atoms with Crippen LogP contribution in [0.2, 0.25) is 5.02 Å². The van der Waals surface area contributed by atoms with Gasteiger partial charge in [-0.1, -0.05) is 43.1 Å². The lowest BCUT2D eigenvalue weighted by molar-refractivity contribution is -0.0477. The Hall–Kier alpha value is -1.26. The molecular weight excluding hydrogens is 290 g/mol. The van der Waals surface area contributed by atoms with Crippen molar-refractivity contribution in [3.63, 3.8) is 0 Å². The normalized spacial score (nSPS) is 27.1. The molecule has 0 spiro atoms. The van der Waals surface area contributed by atoms with Gasteiger partial charge in [-0.05, 0) is 37.3 Å². The summed E-state index contributed by atoms with van der Waals surface area (Å²) >= 11 is 6.37. The average molecular weight is 312 g/mol. The molecule has 116 valence electrons. The summed E-state index contributed by atoms with van der Waals surface area (Å²) in [5, 5.41) is 11.3. The van der Waals surface area contributed by atoms with Crippen molar-refractivity contribution >= 4 is 17.7 Å². The van der Waals surface area contributed by atoms with Crippen LogP contribution in [0.4, 0.5) is 4.79 Å². The lowest BCUT2D eigenvalue weighted by Gasteiger charge is -2.46. The molecule has 2 rings (SSSR count). The van der Waals surface area contributed by atoms with E-state index in [4.69, 9.17) is 22.1 Å². The van der Waals surface area contributed by atoms with Crippen molar-refractivity contribution in [2.75, 3.05) is 0 Å². The van der Waals surface area contributed by atoms with E-state index in [9.17, 15) is 9.90 Å². The van der Waals surface area contributed by atoms with Gasteiger partial charge in [0.15, 0.2) is 0 Å². The van der Waals surface area contributed by atoms with Crippen LogP contribution in [0.3, 0.4) is 0 Å². The average Bonchev–Trinajstić information content (AvgIpc) is 2.47. The summed E-state index contributed by atoms with van der Waals surface area (Å²) in [4.78, 5) is 11.3. The second-order valence-electron chi connectivity index (χ2n) is 5.62. The van der Waals surface area contributed by atoms with Gasteiger partial charge in [0.05, 0.1) is 11.5 Å². The molecule has 0 bridgehead atoms. The zero-order valence-corrected chi connectivity index (χ0v) is 13.0. The highest BCUT2D eigenvalue weighted by Crippen LogP contribution is 2.47. The third-order valence-electron chi connectivity index (χ3n) is 4.50. The van der Waals surface area contributed by atoms with E-state index in [0.29, 0.717) is 17.9 Å². The fraction of sp³-hybridized carbons (Fsp3) is 0.562. The molecule has 1 aliphatic carbocycles. The second kappa shape index (κ2) is 6.67. The molecule has 0 aliphatic heterocycles. The monoisotopic (exact) mass is 311 g/mol. The first kappa shape index (κ1) is 16.1. The summed E-state index contributed by atoms with van der Waals surface area (Å²) < 4.78 is 5.36. The number of aliphatic hydroxyl groups excluding tert-OH is 1. The van der Waals surface area contributed by atoms with E-state index in [1.54, 1.807) is 6.07 Å². The van der Waals surface area contributed by atoms with Crippen LogP contribution in [0.1, 0.15) is 44.6 Å². The smallest absolute Gasteiger partial charge is 0.404 e. The lowest BCUT2D eigenvalue weighted by atomic mass is 9.63. The molecule has 4 nitrogen and oxygen atoms in total. The maximum absolute atomic E-state index is 11.3. The van der Waals surface area contributed by atoms with Crippen LogP contribution in [0.25, 0.3) is 0 Å². The fourth-order valence-corrected chi connectivity index (χ4v) is 3.85. The summed E-state index contributed by atoms with van der Waals surface area (Å²) in [7, 11) is 0. The zero-order chi connectivity index (χ0) is 15.5. The highest BCUT2D eigenvalue weighted by molar-refractivity contribution is 6.31. The molecule has 3 N–H and O–H groups in total. The lowest BCUT2D eigenvalue weighted by Crippen LogP contribution is -2.53. The van der Waals surface area contributed by atoms with E-state index >= 15 is 0 Å². The van der Waals surface area contributed by atoms with Crippen molar-refractivity contribution in [2.24, 2.45) is 5.73 Å². The van der Waals surface area contributed by atoms with Gasteiger partial charge >= 0.3 is 6.09 Å². The Morgan fingerprint density at radius 3 is 2.86 bits per heavy atom. The van der Waals surface area contributed by atoms with Crippen LogP contribution in [0.15, 0.2) is 24.3 Å². The van der Waals surface area contributed by atoms with Crippen molar-refractivity contribution in [3.8, 4) is 0 Å². The summed E-state index contributed by atoms with van der Waals surface area (Å²) in [6.45, 7) is 1.92. The van der Waals surface area contributed by atoms with Crippen molar-refractivity contribution in [3.05, 3.63) is 34.9 Å². The van der Waals surface area contributed by atoms with Gasteiger partial charge in [0, 0.05) is 5.02 Å². The Morgan fingerprint density at radius 2 is 2.24 bits per heavy atom. The van der Waals surface area contributed by atoms with Crippen molar-refractivity contribution in [1.82, 2.24) is 0 Å². The highest BCUT2D eigenvalue weighted by Gasteiger charge is 2.50. The Kier molecular flexibility index (Phi) is 5.12. The predicted octanol–water partition coefficient (Wildman–Crippen LogP) is 3.39. The van der Waals surface area contributed by atoms with E-state index in [0.717, 1.165) is 24.8 Å². The number of hydrogen-bond acceptors (Lipinski definition) is 3. The molecule has 1 aromatic carbocycles. The first-order chi connectivity index (χ1) is 10.0. The minimum absolute atomic E-state index is 0.446. The maximum atomic E-state index is 11.3. The number of nitrogens with two attached hydrogens (primary N) is 1. The molecule has 0 aromatic heterocycles. The van der Waals surface area contributed by atoms with Gasteiger partial charge < -0.3 is 15.6 Å². The van der Waals surface area contributed by atoms with Gasteiger partial charge in [-0.25, -0.2) is 4.79 Å². The fourth-order valence-electron chi connectivity index (χ4n) is 3.54. The minimum atomic E-state index is -0.804. The van der Waals surface area contributed by atoms with Crippen molar-refractivity contribution in [2.45, 2.75) is 56.7 Å². The molecular formula is C16H22ClNO3. The third kappa shape index (κ3) is 3.01. The van der Waals surface area contributed by atoms with Crippen molar-refractivity contribution < 1.29 is 14.6 Å². The number of benzene rings is 1. The molecule has 1 saturated carbocycles. The summed E-state index contributed by atoms with van der Waals surface area (Å²) in [5.41, 5.74) is 5.39. The number of ether oxygens (including phenoxy) is 1. The summed E-state index contributed by atoms with van der Waals surface area (Å²) in [6.07, 6.45) is 1.99. The molecule has 0 saturated heterocycles. The highest BCUT2D eigenvalue weighted by atomic mass is 35.5. The third-order valence-corrected chi connectivity index (χ3v) is 4.83. The molecule has 5 heteroatoms. The molecule has 1 unspecified atom stereocenters. The van der Waals surface area contributed by atoms with Gasteiger partial charge in [-0.2, -0.15) is 0 Å². The Morgan fingerprint density at radius 1 is 1.52 bits per heavy atom. The standard InChI is InChI=1S/C16H22ClNO3/c1-2-13(19)16(11-7-3-4-8-12(11)17)10-6-5-9-14(16)21-15(18)20/h3-4,7-8,13-14,19H,2,5-6,9-10H2,1H3,(H2,18,20)/t13?,14-,16-/m1/s1. The molecule has 1 aliphatic rings. The van der Waals surface area contributed by atoms with Gasteiger partial charge in [0.1, 0.15) is 6.10 Å². The van der Waals surface area contributed by atoms with E-state index in [1.165, 1.54) is 0 Å². The number of rotatable bonds is 4. The molecule has 1 amide bonds. The van der Waals surface area contributed by atoms with Crippen LogP contribution in [0.5, 0.6) is 0 Å². The number of halogens is 1. The summed E-state index contributed by atoms with van der Waals surface area (Å²) in [5.74, 6) is 0. The van der Waals surface area contributed by atoms with Crippen LogP contribution in [-0.4, -0.2) is 23.4 Å². The molecule has 0 heterocycles. The van der Waals surface area contributed by atoms with Gasteiger partial charge in [0.2, 0.25) is 0 Å². The van der Waals surface area contributed by atoms with Gasteiger partial charge in [-0.15, -0.1) is 0 Å². The number of carbonyl (C=O) groups excluding carboxylic acids is 1. The Labute approximate surface area is 130 Å². The van der Waals surface area contributed by atoms with E-state index in [-0.39, 0.29) is 0 Å². The first-order valence-corrected chi connectivity index (χ1v) is 7.79. The van der Waals surface area contributed by atoms with Crippen LogP contribution >= 0.6 is 11.6 Å². The molecule has 1 fully saturated rings. The number of aliphatic hydroxyl groups is 1. The van der Waals surface area contributed by atoms with Crippen LogP contribution in [-0.2, 0) is 10.2 Å². The molecule has 0 radical (unpaired) electrons. The SMILES string of the molecule is CCC(O)[C@]1(c2ccccc2Cl)CCCC[C@H]1OC(N)=O. The Balaban J connectivity index is 2.53. The maximum Gasteiger partial charge on any atom is 0.404 e. The zero-order valence-electron chi connectivity index (χ0n) is 12.2. The minimum Gasteiger partial charge on any atom is -0.445 e.